The van der Waals surface area contributed by atoms with Crippen LogP contribution in [0.3, 0.4) is 0 Å². The molecule has 4 rings (SSSR count). The van der Waals surface area contributed by atoms with Crippen molar-refractivity contribution in [2.45, 2.75) is 24.8 Å². The van der Waals surface area contributed by atoms with Crippen molar-refractivity contribution in [1.29, 1.82) is 0 Å². The van der Waals surface area contributed by atoms with Gasteiger partial charge in [-0.15, -0.1) is 0 Å². The van der Waals surface area contributed by atoms with Gasteiger partial charge in [-0.3, -0.25) is 9.69 Å². The van der Waals surface area contributed by atoms with Gasteiger partial charge in [0.2, 0.25) is 10.0 Å². The van der Waals surface area contributed by atoms with Crippen LogP contribution in [0.1, 0.15) is 40.0 Å². The lowest BCUT2D eigenvalue weighted by Crippen LogP contribution is -2.49. The summed E-state index contributed by atoms with van der Waals surface area (Å²) in [6.45, 7) is 6.15. The van der Waals surface area contributed by atoms with Crippen molar-refractivity contribution in [3.8, 4) is 0 Å². The Kier molecular flexibility index (Phi) is 7.46. The van der Waals surface area contributed by atoms with Crippen LogP contribution < -0.4 is 5.32 Å². The van der Waals surface area contributed by atoms with Gasteiger partial charge in [-0.2, -0.15) is 4.31 Å². The lowest BCUT2D eigenvalue weighted by molar-refractivity contribution is 0.0955. The maximum atomic E-state index is 13.4. The number of hydrogen-bond acceptors (Lipinski definition) is 4. The van der Waals surface area contributed by atoms with Gasteiger partial charge in [-0.25, -0.2) is 8.42 Å². The van der Waals surface area contributed by atoms with E-state index in [0.29, 0.717) is 38.3 Å². The maximum absolute atomic E-state index is 13.4. The van der Waals surface area contributed by atoms with E-state index in [2.05, 4.69) is 34.5 Å². The van der Waals surface area contributed by atoms with E-state index >= 15 is 0 Å². The molecule has 3 aromatic carbocycles. The SMILES string of the molecule is CCNC(=O)c1cc(S(=O)(=O)N2CCN(C(c3ccccc3)c3ccccc3)CC2)ccc1C. The Morgan fingerprint density at radius 2 is 1.44 bits per heavy atom. The highest BCUT2D eigenvalue weighted by Crippen LogP contribution is 2.30. The molecule has 1 fully saturated rings. The van der Waals surface area contributed by atoms with E-state index in [4.69, 9.17) is 0 Å². The molecule has 1 heterocycles. The molecule has 0 radical (unpaired) electrons. The summed E-state index contributed by atoms with van der Waals surface area (Å²) >= 11 is 0. The normalized spacial score (nSPS) is 15.4. The van der Waals surface area contributed by atoms with Crippen molar-refractivity contribution in [2.24, 2.45) is 0 Å². The summed E-state index contributed by atoms with van der Waals surface area (Å²) in [5, 5.41) is 2.76. The van der Waals surface area contributed by atoms with Gasteiger partial charge in [-0.05, 0) is 42.7 Å². The summed E-state index contributed by atoms with van der Waals surface area (Å²) in [4.78, 5) is 14.9. The Hall–Kier alpha value is -3.00. The summed E-state index contributed by atoms with van der Waals surface area (Å²) in [5.74, 6) is -0.254. The van der Waals surface area contributed by atoms with Crippen LogP contribution in [0, 0.1) is 6.92 Å². The minimum Gasteiger partial charge on any atom is -0.352 e. The third-order valence-electron chi connectivity index (χ3n) is 6.30. The molecule has 1 aliphatic rings. The van der Waals surface area contributed by atoms with Gasteiger partial charge in [0.25, 0.3) is 5.91 Å². The Morgan fingerprint density at radius 1 is 0.882 bits per heavy atom. The minimum atomic E-state index is -3.70. The molecule has 0 atom stereocenters. The van der Waals surface area contributed by atoms with Gasteiger partial charge < -0.3 is 5.32 Å². The largest absolute Gasteiger partial charge is 0.352 e. The van der Waals surface area contributed by atoms with Crippen LogP contribution in [-0.2, 0) is 10.0 Å². The molecule has 0 aromatic heterocycles. The lowest BCUT2D eigenvalue weighted by atomic mass is 9.96. The van der Waals surface area contributed by atoms with Gasteiger partial charge in [0.15, 0.2) is 0 Å². The molecular formula is C27H31N3O3S. The molecule has 6 nitrogen and oxygen atoms in total. The minimum absolute atomic E-state index is 0.0657. The van der Waals surface area contributed by atoms with Crippen molar-refractivity contribution in [3.63, 3.8) is 0 Å². The van der Waals surface area contributed by atoms with E-state index in [9.17, 15) is 13.2 Å². The first-order chi connectivity index (χ1) is 16.4. The predicted molar refractivity (Wildman–Crippen MR) is 134 cm³/mol. The van der Waals surface area contributed by atoms with E-state index in [1.165, 1.54) is 21.5 Å². The van der Waals surface area contributed by atoms with Crippen molar-refractivity contribution in [2.75, 3.05) is 32.7 Å². The fourth-order valence-corrected chi connectivity index (χ4v) is 5.95. The first-order valence-corrected chi connectivity index (χ1v) is 13.1. The molecule has 1 saturated heterocycles. The quantitative estimate of drug-likeness (QED) is 0.561. The number of aryl methyl sites for hydroxylation is 1. The van der Waals surface area contributed by atoms with Crippen LogP contribution in [0.5, 0.6) is 0 Å². The Labute approximate surface area is 202 Å². The fourth-order valence-electron chi connectivity index (χ4n) is 4.50. The summed E-state index contributed by atoms with van der Waals surface area (Å²) in [6, 6.07) is 25.5. The monoisotopic (exact) mass is 477 g/mol. The van der Waals surface area contributed by atoms with Gasteiger partial charge in [0, 0.05) is 38.3 Å². The average molecular weight is 478 g/mol. The van der Waals surface area contributed by atoms with Gasteiger partial charge in [0.05, 0.1) is 10.9 Å². The molecule has 178 valence electrons. The van der Waals surface area contributed by atoms with E-state index in [1.807, 2.05) is 50.2 Å². The molecular weight excluding hydrogens is 446 g/mol. The zero-order valence-electron chi connectivity index (χ0n) is 19.6. The third kappa shape index (κ3) is 5.06. The van der Waals surface area contributed by atoms with Crippen LogP contribution in [0.4, 0.5) is 0 Å². The van der Waals surface area contributed by atoms with E-state index < -0.39 is 10.0 Å². The molecule has 34 heavy (non-hydrogen) atoms. The van der Waals surface area contributed by atoms with E-state index in [-0.39, 0.29) is 16.8 Å². The standard InChI is InChI=1S/C27H31N3O3S/c1-3-28-27(31)25-20-24(15-14-21(25)2)34(32,33)30-18-16-29(17-19-30)26(22-10-6-4-7-11-22)23-12-8-5-9-13-23/h4-15,20,26H,3,16-19H2,1-2H3,(H,28,31). The second-order valence-corrected chi connectivity index (χ2v) is 10.4. The molecule has 0 unspecified atom stereocenters. The molecule has 1 aliphatic heterocycles. The highest BCUT2D eigenvalue weighted by atomic mass is 32.2. The number of piperazine rings is 1. The zero-order valence-corrected chi connectivity index (χ0v) is 20.5. The number of sulfonamides is 1. The number of amides is 1. The predicted octanol–water partition coefficient (Wildman–Crippen LogP) is 3.84. The molecule has 7 heteroatoms. The third-order valence-corrected chi connectivity index (χ3v) is 8.19. The van der Waals surface area contributed by atoms with Gasteiger partial charge in [-0.1, -0.05) is 66.7 Å². The fraction of sp³-hybridized carbons (Fsp3) is 0.296. The Balaban J connectivity index is 1.55. The summed E-state index contributed by atoms with van der Waals surface area (Å²) < 4.78 is 28.4. The highest BCUT2D eigenvalue weighted by molar-refractivity contribution is 7.89. The van der Waals surface area contributed by atoms with Gasteiger partial charge in [0.1, 0.15) is 0 Å². The van der Waals surface area contributed by atoms with Crippen LogP contribution in [0.15, 0.2) is 83.8 Å². The average Bonchev–Trinajstić information content (AvgIpc) is 2.86. The number of carbonyl (C=O) groups excluding carboxylic acids is 1. The van der Waals surface area contributed by atoms with Crippen LogP contribution >= 0.6 is 0 Å². The summed E-state index contributed by atoms with van der Waals surface area (Å²) in [5.41, 5.74) is 3.53. The Morgan fingerprint density at radius 3 is 1.97 bits per heavy atom. The number of nitrogens with one attached hydrogen (secondary N) is 1. The van der Waals surface area contributed by atoms with Crippen molar-refractivity contribution in [3.05, 3.63) is 101 Å². The number of nitrogens with zero attached hydrogens (tertiary/aromatic N) is 2. The zero-order chi connectivity index (χ0) is 24.1. The smallest absolute Gasteiger partial charge is 0.251 e. The maximum Gasteiger partial charge on any atom is 0.251 e. The number of hydrogen-bond donors (Lipinski definition) is 1. The second-order valence-electron chi connectivity index (χ2n) is 8.50. The van der Waals surface area contributed by atoms with Crippen molar-refractivity contribution < 1.29 is 13.2 Å². The lowest BCUT2D eigenvalue weighted by Gasteiger charge is -2.39. The van der Waals surface area contributed by atoms with Crippen LogP contribution in [0.2, 0.25) is 0 Å². The van der Waals surface area contributed by atoms with Crippen molar-refractivity contribution in [1.82, 2.24) is 14.5 Å². The summed E-state index contributed by atoms with van der Waals surface area (Å²) in [6.07, 6.45) is 0. The van der Waals surface area contributed by atoms with Crippen LogP contribution in [-0.4, -0.2) is 56.3 Å². The number of carbonyl (C=O) groups is 1. The first kappa shape index (κ1) is 24.1. The van der Waals surface area contributed by atoms with E-state index in [0.717, 1.165) is 5.56 Å². The van der Waals surface area contributed by atoms with Crippen molar-refractivity contribution >= 4 is 15.9 Å². The molecule has 1 amide bonds. The number of benzene rings is 3. The highest BCUT2D eigenvalue weighted by Gasteiger charge is 2.32. The Bertz CT molecular complexity index is 1180. The number of rotatable bonds is 7. The van der Waals surface area contributed by atoms with E-state index in [1.54, 1.807) is 12.1 Å². The first-order valence-electron chi connectivity index (χ1n) is 11.6. The molecule has 1 N–H and O–H groups in total. The molecule has 0 saturated carbocycles. The molecule has 3 aromatic rings. The molecule has 0 spiro atoms. The molecule has 0 aliphatic carbocycles. The summed E-state index contributed by atoms with van der Waals surface area (Å²) in [7, 11) is -3.70. The second kappa shape index (κ2) is 10.5. The molecule has 0 bridgehead atoms. The van der Waals surface area contributed by atoms with Crippen LogP contribution in [0.25, 0.3) is 0 Å². The van der Waals surface area contributed by atoms with Gasteiger partial charge >= 0.3 is 0 Å². The topological polar surface area (TPSA) is 69.7 Å².